The van der Waals surface area contributed by atoms with Crippen LogP contribution >= 0.6 is 11.8 Å². The summed E-state index contributed by atoms with van der Waals surface area (Å²) in [4.78, 5) is 1.29. The van der Waals surface area contributed by atoms with E-state index in [1.54, 1.807) is 0 Å². The van der Waals surface area contributed by atoms with Gasteiger partial charge in [0.05, 0.1) is 0 Å². The third kappa shape index (κ3) is 2.70. The molecule has 5 atom stereocenters. The Morgan fingerprint density at radius 2 is 2.19 bits per heavy atom. The van der Waals surface area contributed by atoms with E-state index in [0.717, 1.165) is 29.3 Å². The van der Waals surface area contributed by atoms with Crippen LogP contribution in [-0.4, -0.2) is 24.9 Å². The molecule has 2 fully saturated rings. The molecule has 4 rings (SSSR count). The van der Waals surface area contributed by atoms with Crippen molar-refractivity contribution in [1.82, 2.24) is 5.32 Å². The minimum Gasteiger partial charge on any atom is -0.487 e. The highest BCUT2D eigenvalue weighted by atomic mass is 32.2. The minimum absolute atomic E-state index is 0.314. The summed E-state index contributed by atoms with van der Waals surface area (Å²) in [5, 5.41) is 3.55. The molecule has 0 radical (unpaired) electrons. The van der Waals surface area contributed by atoms with Crippen LogP contribution in [-0.2, 0) is 0 Å². The van der Waals surface area contributed by atoms with Gasteiger partial charge in [0.2, 0.25) is 0 Å². The fraction of sp³-hybridized carbons (Fsp3) is 0.667. The van der Waals surface area contributed by atoms with Crippen LogP contribution in [0.5, 0.6) is 5.75 Å². The molecule has 2 aliphatic carbocycles. The molecule has 2 saturated carbocycles. The number of fused-ring (bicyclic) bond motifs is 3. The van der Waals surface area contributed by atoms with Crippen molar-refractivity contribution in [3.8, 4) is 5.75 Å². The number of hydrogen-bond acceptors (Lipinski definition) is 3. The van der Waals surface area contributed by atoms with Crippen LogP contribution in [0.2, 0.25) is 0 Å². The third-order valence-electron chi connectivity index (χ3n) is 5.79. The first kappa shape index (κ1) is 14.0. The maximum atomic E-state index is 6.29. The Balaban J connectivity index is 1.42. The number of nitrogens with one attached hydrogen (secondary N) is 1. The van der Waals surface area contributed by atoms with Gasteiger partial charge in [0, 0.05) is 16.7 Å². The molecule has 1 N–H and O–H groups in total. The summed E-state index contributed by atoms with van der Waals surface area (Å²) >= 11 is 1.95. The van der Waals surface area contributed by atoms with Crippen LogP contribution in [0.4, 0.5) is 0 Å². The first-order valence-corrected chi connectivity index (χ1v) is 9.38. The molecule has 2 bridgehead atoms. The summed E-state index contributed by atoms with van der Waals surface area (Å²) < 4.78 is 6.29. The zero-order valence-corrected chi connectivity index (χ0v) is 13.6. The minimum atomic E-state index is 0.314. The number of ether oxygens (including phenoxy) is 1. The van der Waals surface area contributed by atoms with Crippen molar-refractivity contribution in [1.29, 1.82) is 0 Å². The molecule has 1 heterocycles. The van der Waals surface area contributed by atoms with Crippen LogP contribution in [0.3, 0.4) is 0 Å². The molecule has 1 aliphatic heterocycles. The molecule has 1 aromatic rings. The molecular weight excluding hydrogens is 278 g/mol. The quantitative estimate of drug-likeness (QED) is 0.910. The average molecular weight is 303 g/mol. The van der Waals surface area contributed by atoms with Crippen molar-refractivity contribution in [2.75, 3.05) is 12.8 Å². The van der Waals surface area contributed by atoms with Gasteiger partial charge in [-0.1, -0.05) is 18.6 Å². The first-order valence-electron chi connectivity index (χ1n) is 8.39. The summed E-state index contributed by atoms with van der Waals surface area (Å²) in [5.74, 6) is 5.14. The molecule has 0 aromatic heterocycles. The first-order chi connectivity index (χ1) is 10.3. The Kier molecular flexibility index (Phi) is 3.89. The van der Waals surface area contributed by atoms with Gasteiger partial charge in [-0.15, -0.1) is 11.8 Å². The van der Waals surface area contributed by atoms with Crippen LogP contribution in [0.25, 0.3) is 0 Å². The highest BCUT2D eigenvalue weighted by Gasteiger charge is 2.41. The van der Waals surface area contributed by atoms with Gasteiger partial charge in [-0.05, 0) is 62.6 Å². The zero-order valence-electron chi connectivity index (χ0n) is 12.8. The molecule has 21 heavy (non-hydrogen) atoms. The van der Waals surface area contributed by atoms with Crippen LogP contribution in [0, 0.1) is 17.8 Å². The number of hydrogen-bond donors (Lipinski definition) is 1. The second-order valence-corrected chi connectivity index (χ2v) is 8.04. The van der Waals surface area contributed by atoms with Crippen molar-refractivity contribution in [3.63, 3.8) is 0 Å². The summed E-state index contributed by atoms with van der Waals surface area (Å²) in [6.45, 7) is 0. The van der Waals surface area contributed by atoms with E-state index < -0.39 is 0 Å². The van der Waals surface area contributed by atoms with E-state index in [1.165, 1.54) is 37.0 Å². The van der Waals surface area contributed by atoms with Gasteiger partial charge < -0.3 is 10.1 Å². The fourth-order valence-corrected chi connectivity index (χ4v) is 5.76. The van der Waals surface area contributed by atoms with E-state index in [-0.39, 0.29) is 0 Å². The van der Waals surface area contributed by atoms with Crippen molar-refractivity contribution < 1.29 is 4.74 Å². The Labute approximate surface area is 132 Å². The zero-order chi connectivity index (χ0) is 14.2. The monoisotopic (exact) mass is 303 g/mol. The topological polar surface area (TPSA) is 21.3 Å². The third-order valence-corrected chi connectivity index (χ3v) is 6.93. The van der Waals surface area contributed by atoms with E-state index >= 15 is 0 Å². The Bertz CT molecular complexity index is 506. The van der Waals surface area contributed by atoms with Gasteiger partial charge in [-0.3, -0.25) is 0 Å². The molecule has 3 heteroatoms. The number of thioether (sulfide) groups is 1. The van der Waals surface area contributed by atoms with Gasteiger partial charge in [0.15, 0.2) is 0 Å². The van der Waals surface area contributed by atoms with Gasteiger partial charge in [0.1, 0.15) is 11.9 Å². The van der Waals surface area contributed by atoms with E-state index in [9.17, 15) is 0 Å². The smallest absolute Gasteiger partial charge is 0.133 e. The van der Waals surface area contributed by atoms with Crippen molar-refractivity contribution >= 4 is 11.8 Å². The largest absolute Gasteiger partial charge is 0.487 e. The molecule has 1 aromatic carbocycles. The van der Waals surface area contributed by atoms with Crippen molar-refractivity contribution in [2.45, 2.75) is 49.1 Å². The van der Waals surface area contributed by atoms with Gasteiger partial charge in [-0.2, -0.15) is 0 Å². The summed E-state index contributed by atoms with van der Waals surface area (Å²) in [5.41, 5.74) is 0. The highest BCUT2D eigenvalue weighted by molar-refractivity contribution is 7.99. The normalized spacial score (nSPS) is 35.3. The Hall–Kier alpha value is -0.670. The van der Waals surface area contributed by atoms with Crippen molar-refractivity contribution in [3.05, 3.63) is 24.3 Å². The van der Waals surface area contributed by atoms with Gasteiger partial charge in [-0.25, -0.2) is 0 Å². The predicted molar refractivity (Wildman–Crippen MR) is 88.0 cm³/mol. The lowest BCUT2D eigenvalue weighted by Gasteiger charge is -2.34. The standard InChI is InChI=1S/C18H25NOS/c1-19-15(10-14-9-12-6-7-13(14)8-12)17-11-21-18-5-3-2-4-16(18)20-17/h2-5,12-15,17,19H,6-11H2,1H3. The molecule has 2 nitrogen and oxygen atoms in total. The Morgan fingerprint density at radius 3 is 2.95 bits per heavy atom. The van der Waals surface area contributed by atoms with Crippen LogP contribution in [0.15, 0.2) is 29.2 Å². The maximum absolute atomic E-state index is 6.29. The predicted octanol–water partition coefficient (Wildman–Crippen LogP) is 3.95. The lowest BCUT2D eigenvalue weighted by Crippen LogP contribution is -2.45. The SMILES string of the molecule is CNC(CC1CC2CCC1C2)C1CSc2ccccc2O1. The number of para-hydroxylation sites is 1. The summed E-state index contributed by atoms with van der Waals surface area (Å²) in [6.07, 6.45) is 7.56. The molecule has 5 unspecified atom stereocenters. The maximum Gasteiger partial charge on any atom is 0.133 e. The number of benzene rings is 1. The molecule has 0 saturated heterocycles. The summed E-state index contributed by atoms with van der Waals surface area (Å²) in [6, 6.07) is 8.95. The van der Waals surface area contributed by atoms with E-state index in [2.05, 4.69) is 36.6 Å². The second-order valence-electron chi connectivity index (χ2n) is 6.98. The van der Waals surface area contributed by atoms with E-state index in [4.69, 9.17) is 4.74 Å². The molecule has 0 amide bonds. The van der Waals surface area contributed by atoms with Crippen molar-refractivity contribution in [2.24, 2.45) is 17.8 Å². The second kappa shape index (κ2) is 5.85. The van der Waals surface area contributed by atoms with Crippen LogP contribution in [0.1, 0.15) is 32.1 Å². The van der Waals surface area contributed by atoms with Gasteiger partial charge >= 0.3 is 0 Å². The number of rotatable bonds is 4. The molecule has 3 aliphatic rings. The number of likely N-dealkylation sites (N-methyl/N-ethyl adjacent to an activating group) is 1. The van der Waals surface area contributed by atoms with E-state index in [1.807, 2.05) is 11.8 Å². The summed E-state index contributed by atoms with van der Waals surface area (Å²) in [7, 11) is 2.10. The lowest BCUT2D eigenvalue weighted by atomic mass is 9.83. The molecule has 0 spiro atoms. The average Bonchev–Trinajstić information content (AvgIpc) is 3.15. The van der Waals surface area contributed by atoms with Crippen LogP contribution < -0.4 is 10.1 Å². The molecule has 114 valence electrons. The highest BCUT2D eigenvalue weighted by Crippen LogP contribution is 2.50. The lowest BCUT2D eigenvalue weighted by molar-refractivity contribution is 0.143. The fourth-order valence-electron chi connectivity index (χ4n) is 4.68. The van der Waals surface area contributed by atoms with Gasteiger partial charge in [0.25, 0.3) is 0 Å². The van der Waals surface area contributed by atoms with E-state index in [0.29, 0.717) is 12.1 Å². The Morgan fingerprint density at radius 1 is 1.29 bits per heavy atom. The molecular formula is C18H25NOS.